The lowest BCUT2D eigenvalue weighted by molar-refractivity contribution is 1.12. The van der Waals surface area contributed by atoms with Gasteiger partial charge in [0.05, 0.1) is 10.5 Å². The van der Waals surface area contributed by atoms with Crippen molar-refractivity contribution in [2.24, 2.45) is 0 Å². The minimum atomic E-state index is 0.669. The molecule has 0 amide bonds. The zero-order valence-corrected chi connectivity index (χ0v) is 7.12. The first-order chi connectivity index (χ1) is 5.27. The van der Waals surface area contributed by atoms with Crippen LogP contribution in [0.1, 0.15) is 0 Å². The van der Waals surface area contributed by atoms with Gasteiger partial charge in [-0.15, -0.1) is 0 Å². The van der Waals surface area contributed by atoms with Crippen molar-refractivity contribution < 1.29 is 0 Å². The average molecular weight is 185 g/mol. The van der Waals surface area contributed by atoms with Crippen LogP contribution in [0.5, 0.6) is 0 Å². The number of imidazole rings is 1. The van der Waals surface area contributed by atoms with Crippen molar-refractivity contribution in [1.82, 2.24) is 9.38 Å². The first kappa shape index (κ1) is 6.88. The van der Waals surface area contributed by atoms with E-state index in [2.05, 4.69) is 4.98 Å². The summed E-state index contributed by atoms with van der Waals surface area (Å²) in [5.74, 6) is 0. The van der Waals surface area contributed by atoms with Gasteiger partial charge in [-0.05, 0) is 24.4 Å². The van der Waals surface area contributed by atoms with Gasteiger partial charge >= 0.3 is 0 Å². The Morgan fingerprint density at radius 1 is 1.45 bits per heavy atom. The minimum Gasteiger partial charge on any atom is -0.336 e. The monoisotopic (exact) mass is 184 g/mol. The molecule has 4 heteroatoms. The zero-order valence-electron chi connectivity index (χ0n) is 5.54. The maximum Gasteiger partial charge on any atom is 0.181 e. The van der Waals surface area contributed by atoms with Crippen LogP contribution in [-0.4, -0.2) is 9.38 Å². The average Bonchev–Trinajstić information content (AvgIpc) is 2.33. The predicted octanol–water partition coefficient (Wildman–Crippen LogP) is 2.65. The maximum absolute atomic E-state index is 5.77. The van der Waals surface area contributed by atoms with Crippen LogP contribution in [0.4, 0.5) is 0 Å². The summed E-state index contributed by atoms with van der Waals surface area (Å²) in [5, 5.41) is 0.688. The van der Waals surface area contributed by atoms with E-state index < -0.39 is 0 Å². The summed E-state index contributed by atoms with van der Waals surface area (Å²) in [4.78, 5) is 2.92. The number of aromatic nitrogens is 2. The van der Waals surface area contributed by atoms with E-state index >= 15 is 0 Å². The van der Waals surface area contributed by atoms with E-state index in [9.17, 15) is 0 Å². The van der Waals surface area contributed by atoms with E-state index in [1.54, 1.807) is 6.20 Å². The third-order valence-corrected chi connectivity index (χ3v) is 2.04. The lowest BCUT2D eigenvalue weighted by atomic mass is 10.4. The molecule has 0 atom stereocenters. The smallest absolute Gasteiger partial charge is 0.181 e. The van der Waals surface area contributed by atoms with Crippen molar-refractivity contribution in [3.05, 3.63) is 34.3 Å². The highest BCUT2D eigenvalue weighted by Gasteiger charge is 1.93. The third-order valence-electron chi connectivity index (χ3n) is 1.51. The number of H-pyrrole nitrogens is 1. The third kappa shape index (κ3) is 1.06. The quantitative estimate of drug-likeness (QED) is 0.625. The van der Waals surface area contributed by atoms with Gasteiger partial charge in [0.2, 0.25) is 0 Å². The molecule has 0 radical (unpaired) electrons. The number of aromatic amines is 1. The van der Waals surface area contributed by atoms with Crippen molar-refractivity contribution in [1.29, 1.82) is 0 Å². The number of pyridine rings is 1. The highest BCUT2D eigenvalue weighted by molar-refractivity contribution is 7.71. The van der Waals surface area contributed by atoms with Crippen molar-refractivity contribution in [3.63, 3.8) is 0 Å². The second-order valence-electron chi connectivity index (χ2n) is 2.24. The van der Waals surface area contributed by atoms with E-state index in [1.165, 1.54) is 0 Å². The summed E-state index contributed by atoms with van der Waals surface area (Å²) in [6, 6.07) is 3.74. The van der Waals surface area contributed by atoms with Gasteiger partial charge in [-0.3, -0.25) is 4.40 Å². The van der Waals surface area contributed by atoms with Crippen LogP contribution in [0, 0.1) is 4.77 Å². The summed E-state index contributed by atoms with van der Waals surface area (Å²) in [6.45, 7) is 0. The molecule has 0 unspecified atom stereocenters. The molecule has 2 rings (SSSR count). The van der Waals surface area contributed by atoms with Gasteiger partial charge in [-0.25, -0.2) is 0 Å². The Bertz CT molecular complexity index is 443. The van der Waals surface area contributed by atoms with Gasteiger partial charge in [0, 0.05) is 12.4 Å². The van der Waals surface area contributed by atoms with Crippen molar-refractivity contribution in [2.45, 2.75) is 0 Å². The van der Waals surface area contributed by atoms with Crippen molar-refractivity contribution >= 4 is 29.3 Å². The van der Waals surface area contributed by atoms with Crippen molar-refractivity contribution in [3.8, 4) is 0 Å². The number of nitrogens with zero attached hydrogens (tertiary/aromatic N) is 1. The van der Waals surface area contributed by atoms with Crippen molar-refractivity contribution in [2.75, 3.05) is 0 Å². The number of hydrogen-bond donors (Lipinski definition) is 1. The Morgan fingerprint density at radius 3 is 3.09 bits per heavy atom. The molecule has 2 heterocycles. The lowest BCUT2D eigenvalue weighted by Crippen LogP contribution is -1.81. The van der Waals surface area contributed by atoms with Gasteiger partial charge in [0.25, 0.3) is 0 Å². The predicted molar refractivity (Wildman–Crippen MR) is 47.6 cm³/mol. The van der Waals surface area contributed by atoms with E-state index in [-0.39, 0.29) is 0 Å². The highest BCUT2D eigenvalue weighted by Crippen LogP contribution is 2.10. The molecule has 0 fully saturated rings. The molecule has 1 N–H and O–H groups in total. The molecular formula is C7H5ClN2S. The Balaban J connectivity index is 2.99. The number of hydrogen-bond acceptors (Lipinski definition) is 1. The van der Waals surface area contributed by atoms with Crippen LogP contribution in [0.2, 0.25) is 5.02 Å². The van der Waals surface area contributed by atoms with Gasteiger partial charge in [0.15, 0.2) is 4.77 Å². The fourth-order valence-electron chi connectivity index (χ4n) is 0.985. The fraction of sp³-hybridized carbons (Fsp3) is 0. The van der Waals surface area contributed by atoms with Gasteiger partial charge in [0.1, 0.15) is 0 Å². The van der Waals surface area contributed by atoms with Gasteiger partial charge in [-0.1, -0.05) is 11.6 Å². The van der Waals surface area contributed by atoms with Crippen LogP contribution in [0.3, 0.4) is 0 Å². The van der Waals surface area contributed by atoms with Crippen LogP contribution in [0.15, 0.2) is 24.5 Å². The van der Waals surface area contributed by atoms with Gasteiger partial charge < -0.3 is 4.98 Å². The second-order valence-corrected chi connectivity index (χ2v) is 3.06. The molecular weight excluding hydrogens is 180 g/mol. The first-order valence-corrected chi connectivity index (χ1v) is 3.91. The summed E-state index contributed by atoms with van der Waals surface area (Å²) in [7, 11) is 0. The molecule has 0 aliphatic carbocycles. The molecule has 2 nitrogen and oxygen atoms in total. The van der Waals surface area contributed by atoms with E-state index in [1.807, 2.05) is 22.7 Å². The first-order valence-electron chi connectivity index (χ1n) is 3.13. The molecule has 56 valence electrons. The molecule has 2 aromatic rings. The summed E-state index contributed by atoms with van der Waals surface area (Å²) >= 11 is 10.8. The van der Waals surface area contributed by atoms with E-state index in [0.29, 0.717) is 9.79 Å². The lowest BCUT2D eigenvalue weighted by Gasteiger charge is -1.92. The van der Waals surface area contributed by atoms with Crippen LogP contribution < -0.4 is 0 Å². The number of halogens is 1. The van der Waals surface area contributed by atoms with Crippen LogP contribution >= 0.6 is 23.8 Å². The molecule has 0 saturated heterocycles. The molecule has 0 saturated carbocycles. The van der Waals surface area contributed by atoms with E-state index in [0.717, 1.165) is 5.52 Å². The Hall–Kier alpha value is -0.800. The molecule has 11 heavy (non-hydrogen) atoms. The Morgan fingerprint density at radius 2 is 2.27 bits per heavy atom. The topological polar surface area (TPSA) is 20.2 Å². The molecule has 0 spiro atoms. The largest absolute Gasteiger partial charge is 0.336 e. The molecule has 0 bridgehead atoms. The minimum absolute atomic E-state index is 0.669. The standard InChI is InChI=1S/C7H5ClN2S/c8-5-1-2-6-3-9-7(11)10(6)4-5/h1-4H,(H,9,11). The van der Waals surface area contributed by atoms with E-state index in [4.69, 9.17) is 23.8 Å². The summed E-state index contributed by atoms with van der Waals surface area (Å²) < 4.78 is 2.50. The van der Waals surface area contributed by atoms with Crippen LogP contribution in [0.25, 0.3) is 5.52 Å². The molecule has 2 aromatic heterocycles. The Kier molecular flexibility index (Phi) is 1.47. The zero-order chi connectivity index (χ0) is 7.84. The summed E-state index contributed by atoms with van der Waals surface area (Å²) in [6.07, 6.45) is 3.63. The normalized spacial score (nSPS) is 10.6. The fourth-order valence-corrected chi connectivity index (χ4v) is 1.36. The van der Waals surface area contributed by atoms with Gasteiger partial charge in [-0.2, -0.15) is 0 Å². The Labute approximate surface area is 73.4 Å². The number of nitrogens with one attached hydrogen (secondary N) is 1. The number of rotatable bonds is 0. The maximum atomic E-state index is 5.77. The molecule has 0 aliphatic rings. The highest BCUT2D eigenvalue weighted by atomic mass is 35.5. The van der Waals surface area contributed by atoms with Crippen LogP contribution in [-0.2, 0) is 0 Å². The molecule has 0 aliphatic heterocycles. The second kappa shape index (κ2) is 2.36. The summed E-state index contributed by atoms with van der Waals surface area (Å²) in [5.41, 5.74) is 1.03. The molecule has 0 aromatic carbocycles. The number of fused-ring (bicyclic) bond motifs is 1. The SMILES string of the molecule is S=c1[nH]cc2ccc(Cl)cn12.